The summed E-state index contributed by atoms with van der Waals surface area (Å²) in [6, 6.07) is 32.5. The monoisotopic (exact) mass is 706 g/mol. The average molecular weight is 707 g/mol. The molecule has 1 aliphatic rings. The molecule has 5 rings (SSSR count). The van der Waals surface area contributed by atoms with Gasteiger partial charge in [0.1, 0.15) is 23.0 Å². The zero-order valence-electron chi connectivity index (χ0n) is 29.9. The van der Waals surface area contributed by atoms with Crippen molar-refractivity contribution in [2.24, 2.45) is 23.7 Å². The highest BCUT2D eigenvalue weighted by Gasteiger charge is 2.65. The molecule has 0 aromatic heterocycles. The van der Waals surface area contributed by atoms with Crippen LogP contribution in [0.2, 0.25) is 0 Å². The van der Waals surface area contributed by atoms with Gasteiger partial charge in [0, 0.05) is 25.2 Å². The Labute approximate surface area is 304 Å². The lowest BCUT2D eigenvalue weighted by atomic mass is 9.55. The molecular weight excluding hydrogens is 660 g/mol. The fourth-order valence-corrected chi connectivity index (χ4v) is 6.67. The minimum atomic E-state index is -1.56. The van der Waals surface area contributed by atoms with Crippen molar-refractivity contribution in [1.82, 2.24) is 9.80 Å². The Morgan fingerprint density at radius 1 is 0.519 bits per heavy atom. The SMILES string of the molecule is CC[C@@H](C)N(Cc1ccc(Oc2ccccc2)cc1)C(=O)[C@H]1[C@@H](C(=O)O)[C@H](C(=O)O)[C@@H]1C(=O)N(Cc1ccc(Oc2ccccc2)cc1)[C@H](C)CC. The summed E-state index contributed by atoms with van der Waals surface area (Å²) < 4.78 is 11.8. The first kappa shape index (κ1) is 37.6. The van der Waals surface area contributed by atoms with Crippen molar-refractivity contribution >= 4 is 23.8 Å². The molecule has 0 spiro atoms. The van der Waals surface area contributed by atoms with E-state index in [0.29, 0.717) is 35.8 Å². The number of amides is 2. The fraction of sp³-hybridized carbons (Fsp3) is 0.333. The second-order valence-electron chi connectivity index (χ2n) is 13.3. The van der Waals surface area contributed by atoms with E-state index in [1.165, 1.54) is 0 Å². The lowest BCUT2D eigenvalue weighted by molar-refractivity contribution is -0.189. The van der Waals surface area contributed by atoms with Gasteiger partial charge < -0.3 is 29.5 Å². The number of carboxylic acid groups (broad SMARTS) is 2. The van der Waals surface area contributed by atoms with Gasteiger partial charge in [0.25, 0.3) is 0 Å². The number of ether oxygens (including phenoxy) is 2. The van der Waals surface area contributed by atoms with Gasteiger partial charge in [-0.15, -0.1) is 0 Å². The van der Waals surface area contributed by atoms with Crippen LogP contribution in [0, 0.1) is 23.7 Å². The molecule has 0 radical (unpaired) electrons. The number of carboxylic acids is 2. The molecule has 0 heterocycles. The topological polar surface area (TPSA) is 134 Å². The van der Waals surface area contributed by atoms with Crippen LogP contribution in [0.25, 0.3) is 0 Å². The van der Waals surface area contributed by atoms with Crippen molar-refractivity contribution < 1.29 is 38.9 Å². The largest absolute Gasteiger partial charge is 0.481 e. The number of nitrogens with zero attached hydrogens (tertiary/aromatic N) is 2. The van der Waals surface area contributed by atoms with Gasteiger partial charge in [-0.1, -0.05) is 74.5 Å². The number of carbonyl (C=O) groups is 4. The molecule has 0 saturated heterocycles. The highest BCUT2D eigenvalue weighted by atomic mass is 16.5. The standard InChI is InChI=1S/C42H46N2O8/c1-5-27(3)43(25-29-17-21-33(22-18-29)51-31-13-9-7-10-14-31)39(45)35-36(38(42(49)50)37(35)41(47)48)40(46)44(28(4)6-2)26-30-19-23-34(24-20-30)52-32-15-11-8-12-16-32/h7-24,27-28,35-38H,5-6,25-26H2,1-4H3,(H,47,48)(H,49,50)/t27-,28-,35-,36-,37-,38-/m1/s1. The third-order valence-electron chi connectivity index (χ3n) is 10.0. The summed E-state index contributed by atoms with van der Waals surface area (Å²) >= 11 is 0. The summed E-state index contributed by atoms with van der Waals surface area (Å²) in [7, 11) is 0. The first-order valence-electron chi connectivity index (χ1n) is 17.7. The lowest BCUT2D eigenvalue weighted by Gasteiger charge is -2.49. The van der Waals surface area contributed by atoms with Crippen molar-refractivity contribution in [2.45, 2.75) is 65.7 Å². The molecule has 0 aliphatic heterocycles. The molecule has 0 bridgehead atoms. The molecular formula is C42H46N2O8. The molecule has 10 heteroatoms. The Balaban J connectivity index is 1.40. The minimum absolute atomic E-state index is 0.146. The summed E-state index contributed by atoms with van der Waals surface area (Å²) in [6.45, 7) is 7.85. The zero-order valence-corrected chi connectivity index (χ0v) is 29.9. The number of aliphatic carboxylic acids is 2. The maximum atomic E-state index is 14.5. The quantitative estimate of drug-likeness (QED) is 0.120. The summed E-state index contributed by atoms with van der Waals surface area (Å²) in [6.07, 6.45) is 1.13. The van der Waals surface area contributed by atoms with Gasteiger partial charge >= 0.3 is 11.9 Å². The molecule has 52 heavy (non-hydrogen) atoms. The van der Waals surface area contributed by atoms with Gasteiger partial charge in [-0.05, 0) is 86.3 Å². The molecule has 2 amide bonds. The summed E-state index contributed by atoms with van der Waals surface area (Å²) in [4.78, 5) is 57.4. The highest BCUT2D eigenvalue weighted by molar-refractivity contribution is 5.99. The van der Waals surface area contributed by atoms with Crippen molar-refractivity contribution in [3.8, 4) is 23.0 Å². The van der Waals surface area contributed by atoms with Crippen molar-refractivity contribution in [3.05, 3.63) is 120 Å². The first-order valence-corrected chi connectivity index (χ1v) is 17.7. The lowest BCUT2D eigenvalue weighted by Crippen LogP contribution is -2.65. The van der Waals surface area contributed by atoms with E-state index < -0.39 is 47.4 Å². The van der Waals surface area contributed by atoms with Crippen LogP contribution < -0.4 is 9.47 Å². The molecule has 10 nitrogen and oxygen atoms in total. The fourth-order valence-electron chi connectivity index (χ4n) is 6.67. The Morgan fingerprint density at radius 3 is 1.12 bits per heavy atom. The van der Waals surface area contributed by atoms with Crippen molar-refractivity contribution in [3.63, 3.8) is 0 Å². The second-order valence-corrected chi connectivity index (χ2v) is 13.3. The number of para-hydroxylation sites is 2. The Bertz CT molecular complexity index is 1680. The number of rotatable bonds is 16. The van der Waals surface area contributed by atoms with Crippen LogP contribution in [0.5, 0.6) is 23.0 Å². The normalized spacial score (nSPS) is 19.0. The van der Waals surface area contributed by atoms with E-state index in [4.69, 9.17) is 9.47 Å². The third-order valence-corrected chi connectivity index (χ3v) is 10.0. The Morgan fingerprint density at radius 2 is 0.827 bits per heavy atom. The van der Waals surface area contributed by atoms with Gasteiger partial charge in [-0.25, -0.2) is 0 Å². The van der Waals surface area contributed by atoms with Crippen LogP contribution in [0.15, 0.2) is 109 Å². The van der Waals surface area contributed by atoms with Crippen LogP contribution in [0.3, 0.4) is 0 Å². The number of benzene rings is 4. The van der Waals surface area contributed by atoms with Crippen molar-refractivity contribution in [2.75, 3.05) is 0 Å². The molecule has 1 saturated carbocycles. The van der Waals surface area contributed by atoms with E-state index >= 15 is 0 Å². The van der Waals surface area contributed by atoms with Crippen LogP contribution in [0.4, 0.5) is 0 Å². The first-order chi connectivity index (χ1) is 25.0. The number of hydrogen-bond donors (Lipinski definition) is 2. The van der Waals surface area contributed by atoms with E-state index in [2.05, 4.69) is 0 Å². The van der Waals surface area contributed by atoms with E-state index in [1.54, 1.807) is 34.1 Å². The van der Waals surface area contributed by atoms with E-state index in [0.717, 1.165) is 11.1 Å². The molecule has 6 atom stereocenters. The van der Waals surface area contributed by atoms with Gasteiger partial charge in [-0.2, -0.15) is 0 Å². The Kier molecular flexibility index (Phi) is 12.3. The van der Waals surface area contributed by atoms with Crippen LogP contribution >= 0.6 is 0 Å². The van der Waals surface area contributed by atoms with Crippen molar-refractivity contribution in [1.29, 1.82) is 0 Å². The van der Waals surface area contributed by atoms with Gasteiger partial charge in [0.15, 0.2) is 0 Å². The van der Waals surface area contributed by atoms with Crippen LogP contribution in [-0.2, 0) is 32.3 Å². The number of hydrogen-bond acceptors (Lipinski definition) is 6. The summed E-state index contributed by atoms with van der Waals surface area (Å²) in [5.74, 6) is -7.15. The Hall–Kier alpha value is -5.64. The summed E-state index contributed by atoms with van der Waals surface area (Å²) in [5.41, 5.74) is 1.55. The molecule has 0 unspecified atom stereocenters. The van der Waals surface area contributed by atoms with E-state index in [-0.39, 0.29) is 25.2 Å². The van der Waals surface area contributed by atoms with Gasteiger partial charge in [0.2, 0.25) is 11.8 Å². The molecule has 4 aromatic carbocycles. The second kappa shape index (κ2) is 17.0. The van der Waals surface area contributed by atoms with E-state index in [9.17, 15) is 29.4 Å². The van der Waals surface area contributed by atoms with Crippen LogP contribution in [-0.4, -0.2) is 55.8 Å². The summed E-state index contributed by atoms with van der Waals surface area (Å²) in [5, 5.41) is 20.5. The predicted molar refractivity (Wildman–Crippen MR) is 196 cm³/mol. The van der Waals surface area contributed by atoms with E-state index in [1.807, 2.05) is 113 Å². The smallest absolute Gasteiger partial charge is 0.308 e. The molecule has 1 fully saturated rings. The molecule has 272 valence electrons. The zero-order chi connectivity index (χ0) is 37.4. The van der Waals surface area contributed by atoms with Crippen LogP contribution in [0.1, 0.15) is 51.7 Å². The maximum absolute atomic E-state index is 14.5. The molecule has 4 aromatic rings. The molecule has 2 N–H and O–H groups in total. The van der Waals surface area contributed by atoms with Gasteiger partial charge in [0.05, 0.1) is 23.7 Å². The van der Waals surface area contributed by atoms with Gasteiger partial charge in [-0.3, -0.25) is 19.2 Å². The predicted octanol–water partition coefficient (Wildman–Crippen LogP) is 7.87. The highest BCUT2D eigenvalue weighted by Crippen LogP contribution is 2.49. The molecule has 1 aliphatic carbocycles. The maximum Gasteiger partial charge on any atom is 0.308 e. The number of carbonyl (C=O) groups excluding carboxylic acids is 2. The third kappa shape index (κ3) is 8.62. The minimum Gasteiger partial charge on any atom is -0.481 e. The average Bonchev–Trinajstić information content (AvgIpc) is 3.13.